The Bertz CT molecular complexity index is 861. The number of hydrogen-bond acceptors (Lipinski definition) is 4. The summed E-state index contributed by atoms with van der Waals surface area (Å²) in [6, 6.07) is 2.14. The van der Waals surface area contributed by atoms with Gasteiger partial charge in [-0.1, -0.05) is 0 Å². The quantitative estimate of drug-likeness (QED) is 0.486. The highest BCUT2D eigenvalue weighted by Crippen LogP contribution is 2.38. The minimum atomic E-state index is -2.63. The lowest BCUT2D eigenvalue weighted by Gasteiger charge is -2.19. The van der Waals surface area contributed by atoms with Gasteiger partial charge in [0.1, 0.15) is 25.1 Å². The molecule has 2 aliphatic heterocycles. The van der Waals surface area contributed by atoms with E-state index in [1.165, 1.54) is 4.90 Å². The summed E-state index contributed by atoms with van der Waals surface area (Å²) in [5.74, 6) is 0.366. The molecule has 1 aromatic carbocycles. The van der Waals surface area contributed by atoms with Gasteiger partial charge in [-0.05, 0) is 46.9 Å². The van der Waals surface area contributed by atoms with E-state index < -0.39 is 18.3 Å². The Balaban J connectivity index is 1.82. The average molecular weight is 481 g/mol. The van der Waals surface area contributed by atoms with E-state index in [0.717, 1.165) is 0 Å². The molecule has 2 aromatic rings. The SMILES string of the molecule is Fc1c(I)ccc2c1OCCn1cc(N3C(=S)OCC3C(F)F)nc1-2. The number of imidazole rings is 1. The Morgan fingerprint density at radius 1 is 1.32 bits per heavy atom. The van der Waals surface area contributed by atoms with Gasteiger partial charge < -0.3 is 14.0 Å². The van der Waals surface area contributed by atoms with Crippen LogP contribution in [-0.4, -0.2) is 40.4 Å². The molecule has 0 bridgehead atoms. The molecule has 4 rings (SSSR count). The summed E-state index contributed by atoms with van der Waals surface area (Å²) < 4.78 is 53.7. The summed E-state index contributed by atoms with van der Waals surface area (Å²) >= 11 is 6.92. The third-order valence-corrected chi connectivity index (χ3v) is 5.22. The van der Waals surface area contributed by atoms with Crippen LogP contribution in [0.2, 0.25) is 0 Å². The molecule has 25 heavy (non-hydrogen) atoms. The Morgan fingerprint density at radius 2 is 2.12 bits per heavy atom. The van der Waals surface area contributed by atoms with Gasteiger partial charge in [0.05, 0.1) is 15.7 Å². The molecule has 5 nitrogen and oxygen atoms in total. The van der Waals surface area contributed by atoms with Crippen LogP contribution in [0.4, 0.5) is 19.0 Å². The first-order chi connectivity index (χ1) is 12.0. The van der Waals surface area contributed by atoms with Gasteiger partial charge in [0, 0.05) is 6.20 Å². The lowest BCUT2D eigenvalue weighted by atomic mass is 10.2. The summed E-state index contributed by atoms with van der Waals surface area (Å²) in [5, 5.41) is -0.0381. The standard InChI is InChI=1S/C15H11F3IN3O2S/c16-11-8(19)2-1-7-12(11)23-4-3-21-5-10(20-14(7)21)22-9(13(17)18)6-24-15(22)25/h1-2,5,9,13H,3-4,6H2. The summed E-state index contributed by atoms with van der Waals surface area (Å²) in [7, 11) is 0. The Morgan fingerprint density at radius 3 is 2.88 bits per heavy atom. The average Bonchev–Trinajstić information content (AvgIpc) is 3.11. The fourth-order valence-corrected chi connectivity index (χ4v) is 3.61. The van der Waals surface area contributed by atoms with Crippen molar-refractivity contribution in [1.82, 2.24) is 9.55 Å². The van der Waals surface area contributed by atoms with E-state index >= 15 is 0 Å². The molecule has 1 saturated heterocycles. The van der Waals surface area contributed by atoms with E-state index in [1.807, 2.05) is 22.6 Å². The second-order valence-electron chi connectivity index (χ2n) is 5.55. The van der Waals surface area contributed by atoms with Crippen molar-refractivity contribution in [2.24, 2.45) is 0 Å². The first kappa shape index (κ1) is 16.9. The number of nitrogens with zero attached hydrogens (tertiary/aromatic N) is 3. The number of fused-ring (bicyclic) bond motifs is 3. The van der Waals surface area contributed by atoms with Crippen LogP contribution in [0.15, 0.2) is 18.3 Å². The summed E-state index contributed by atoms with van der Waals surface area (Å²) in [5.41, 5.74) is 0.473. The molecule has 1 unspecified atom stereocenters. The van der Waals surface area contributed by atoms with Crippen LogP contribution in [0.25, 0.3) is 11.4 Å². The van der Waals surface area contributed by atoms with Crippen LogP contribution in [0.3, 0.4) is 0 Å². The molecule has 2 aliphatic rings. The fraction of sp³-hybridized carbons (Fsp3) is 0.333. The lowest BCUT2D eigenvalue weighted by molar-refractivity contribution is 0.106. The maximum Gasteiger partial charge on any atom is 0.265 e. The molecule has 0 radical (unpaired) electrons. The molecule has 3 heterocycles. The number of anilines is 1. The van der Waals surface area contributed by atoms with Crippen molar-refractivity contribution in [2.45, 2.75) is 19.0 Å². The van der Waals surface area contributed by atoms with Gasteiger partial charge in [-0.25, -0.2) is 18.2 Å². The van der Waals surface area contributed by atoms with Crippen molar-refractivity contribution in [3.05, 3.63) is 27.7 Å². The van der Waals surface area contributed by atoms with Gasteiger partial charge in [-0.3, -0.25) is 4.90 Å². The Kier molecular flexibility index (Phi) is 4.26. The van der Waals surface area contributed by atoms with Gasteiger partial charge in [-0.2, -0.15) is 0 Å². The zero-order valence-corrected chi connectivity index (χ0v) is 15.6. The first-order valence-corrected chi connectivity index (χ1v) is 8.88. The number of ether oxygens (including phenoxy) is 2. The van der Waals surface area contributed by atoms with Crippen LogP contribution in [0.1, 0.15) is 0 Å². The summed E-state index contributed by atoms with van der Waals surface area (Å²) in [6.07, 6.45) is -1.02. The normalized spacial score (nSPS) is 19.3. The van der Waals surface area contributed by atoms with Gasteiger partial charge in [0.25, 0.3) is 11.6 Å². The predicted molar refractivity (Wildman–Crippen MR) is 96.7 cm³/mol. The van der Waals surface area contributed by atoms with Crippen LogP contribution < -0.4 is 9.64 Å². The van der Waals surface area contributed by atoms with Gasteiger partial charge >= 0.3 is 0 Å². The maximum absolute atomic E-state index is 14.4. The zero-order chi connectivity index (χ0) is 17.7. The van der Waals surface area contributed by atoms with Crippen molar-refractivity contribution in [3.63, 3.8) is 0 Å². The van der Waals surface area contributed by atoms with E-state index in [9.17, 15) is 13.2 Å². The topological polar surface area (TPSA) is 39.5 Å². The van der Waals surface area contributed by atoms with Crippen molar-refractivity contribution in [3.8, 4) is 17.1 Å². The molecule has 0 spiro atoms. The van der Waals surface area contributed by atoms with E-state index in [1.54, 1.807) is 22.9 Å². The van der Waals surface area contributed by atoms with Crippen molar-refractivity contribution >= 4 is 45.8 Å². The Labute approximate surface area is 159 Å². The smallest absolute Gasteiger partial charge is 0.265 e. The molecule has 1 atom stereocenters. The van der Waals surface area contributed by atoms with Gasteiger partial charge in [-0.15, -0.1) is 0 Å². The van der Waals surface area contributed by atoms with Crippen molar-refractivity contribution < 1.29 is 22.6 Å². The van der Waals surface area contributed by atoms with Crippen LogP contribution >= 0.6 is 34.8 Å². The largest absolute Gasteiger partial charge is 0.488 e. The maximum atomic E-state index is 14.4. The van der Waals surface area contributed by atoms with Crippen LogP contribution in [-0.2, 0) is 11.3 Å². The highest BCUT2D eigenvalue weighted by atomic mass is 127. The minimum Gasteiger partial charge on any atom is -0.488 e. The van der Waals surface area contributed by atoms with Crippen molar-refractivity contribution in [2.75, 3.05) is 18.1 Å². The molecule has 0 amide bonds. The van der Waals surface area contributed by atoms with Crippen molar-refractivity contribution in [1.29, 1.82) is 0 Å². The van der Waals surface area contributed by atoms with Crippen LogP contribution in [0.5, 0.6) is 5.75 Å². The van der Waals surface area contributed by atoms with Gasteiger partial charge in [0.2, 0.25) is 0 Å². The van der Waals surface area contributed by atoms with E-state index in [4.69, 9.17) is 21.7 Å². The second-order valence-corrected chi connectivity index (χ2v) is 7.06. The minimum absolute atomic E-state index is 0.0381. The number of alkyl halides is 2. The number of benzene rings is 1. The number of rotatable bonds is 2. The fourth-order valence-electron chi connectivity index (χ4n) is 2.88. The summed E-state index contributed by atoms with van der Waals surface area (Å²) in [4.78, 5) is 5.64. The van der Waals surface area contributed by atoms with Gasteiger partial charge in [0.15, 0.2) is 17.4 Å². The molecule has 1 aromatic heterocycles. The molecule has 0 N–H and O–H groups in total. The highest BCUT2D eigenvalue weighted by molar-refractivity contribution is 14.1. The lowest BCUT2D eigenvalue weighted by Crippen LogP contribution is -2.38. The number of halogens is 4. The third kappa shape index (κ3) is 2.75. The van der Waals surface area contributed by atoms with E-state index in [0.29, 0.717) is 21.5 Å². The Hall–Kier alpha value is -1.56. The molecule has 132 valence electrons. The predicted octanol–water partition coefficient (Wildman–Crippen LogP) is 3.44. The molecule has 1 fully saturated rings. The van der Waals surface area contributed by atoms with E-state index in [-0.39, 0.29) is 30.0 Å². The zero-order valence-electron chi connectivity index (χ0n) is 12.6. The van der Waals surface area contributed by atoms with E-state index in [2.05, 4.69) is 4.98 Å². The number of hydrogen-bond donors (Lipinski definition) is 0. The van der Waals surface area contributed by atoms with Crippen LogP contribution in [0, 0.1) is 9.39 Å². The summed E-state index contributed by atoms with van der Waals surface area (Å²) in [6.45, 7) is 0.463. The second kappa shape index (κ2) is 6.31. The molecular formula is C15H11F3IN3O2S. The molecular weight excluding hydrogens is 470 g/mol. The number of aromatic nitrogens is 2. The monoisotopic (exact) mass is 481 g/mol. The molecule has 0 aliphatic carbocycles. The number of thiocarbonyl (C=S) groups is 1. The first-order valence-electron chi connectivity index (χ1n) is 7.40. The molecule has 10 heteroatoms. The molecule has 0 saturated carbocycles. The third-order valence-electron chi connectivity index (χ3n) is 4.08. The highest BCUT2D eigenvalue weighted by Gasteiger charge is 2.39.